The van der Waals surface area contributed by atoms with Crippen LogP contribution in [-0.4, -0.2) is 48.8 Å². The van der Waals surface area contributed by atoms with Crippen molar-refractivity contribution in [2.24, 2.45) is 5.92 Å². The fourth-order valence-electron chi connectivity index (χ4n) is 2.60. The summed E-state index contributed by atoms with van der Waals surface area (Å²) in [6, 6.07) is 3.14. The van der Waals surface area contributed by atoms with Crippen molar-refractivity contribution in [2.75, 3.05) is 32.7 Å². The van der Waals surface area contributed by atoms with Gasteiger partial charge in [0, 0.05) is 13.1 Å². The number of hydrogen-bond donors (Lipinski definition) is 3. The van der Waals surface area contributed by atoms with Crippen LogP contribution < -0.4 is 10.6 Å². The second kappa shape index (κ2) is 7.65. The molecular formula is C16H27N3O3. The summed E-state index contributed by atoms with van der Waals surface area (Å²) in [5.41, 5.74) is -1.20. The number of aliphatic hydroxyl groups is 1. The van der Waals surface area contributed by atoms with Gasteiger partial charge in [0.15, 0.2) is 0 Å². The van der Waals surface area contributed by atoms with E-state index in [1.54, 1.807) is 19.1 Å². The summed E-state index contributed by atoms with van der Waals surface area (Å²) >= 11 is 0. The van der Waals surface area contributed by atoms with E-state index < -0.39 is 5.60 Å². The third-order valence-corrected chi connectivity index (χ3v) is 4.24. The van der Waals surface area contributed by atoms with E-state index in [4.69, 9.17) is 4.42 Å². The lowest BCUT2D eigenvalue weighted by atomic mass is 9.99. The van der Waals surface area contributed by atoms with Gasteiger partial charge in [-0.25, -0.2) is 4.79 Å². The highest BCUT2D eigenvalue weighted by molar-refractivity contribution is 5.73. The van der Waals surface area contributed by atoms with Crippen molar-refractivity contribution in [2.45, 2.75) is 32.3 Å². The standard InChI is InChI=1S/C16H27N3O3/c1-13-5-8-19(9-6-13)10-7-17-15(20)18-12-16(2,21)14-4-3-11-22-14/h3-4,11,13,21H,5-10,12H2,1-2H3,(H2,17,18,20). The van der Waals surface area contributed by atoms with Crippen LogP contribution in [0.5, 0.6) is 0 Å². The molecule has 1 fully saturated rings. The average Bonchev–Trinajstić information content (AvgIpc) is 3.02. The molecule has 1 saturated heterocycles. The van der Waals surface area contributed by atoms with Crippen molar-refractivity contribution in [3.05, 3.63) is 24.2 Å². The van der Waals surface area contributed by atoms with E-state index >= 15 is 0 Å². The van der Waals surface area contributed by atoms with Gasteiger partial charge in [-0.3, -0.25) is 0 Å². The first kappa shape index (κ1) is 16.8. The van der Waals surface area contributed by atoms with Crippen LogP contribution in [0.25, 0.3) is 0 Å². The summed E-state index contributed by atoms with van der Waals surface area (Å²) < 4.78 is 5.17. The Balaban J connectivity index is 1.62. The Labute approximate surface area is 131 Å². The number of urea groups is 1. The van der Waals surface area contributed by atoms with Crippen LogP contribution in [0.2, 0.25) is 0 Å². The van der Waals surface area contributed by atoms with Gasteiger partial charge in [-0.15, -0.1) is 0 Å². The van der Waals surface area contributed by atoms with Crippen LogP contribution in [0.15, 0.2) is 22.8 Å². The highest BCUT2D eigenvalue weighted by Gasteiger charge is 2.26. The number of amides is 2. The van der Waals surface area contributed by atoms with Crippen molar-refractivity contribution in [1.82, 2.24) is 15.5 Å². The minimum absolute atomic E-state index is 0.105. The summed E-state index contributed by atoms with van der Waals surface area (Å²) in [6.45, 7) is 7.70. The fraction of sp³-hybridized carbons (Fsp3) is 0.688. The second-order valence-corrected chi connectivity index (χ2v) is 6.38. The number of nitrogens with zero attached hydrogens (tertiary/aromatic N) is 1. The monoisotopic (exact) mass is 309 g/mol. The predicted molar refractivity (Wildman–Crippen MR) is 84.5 cm³/mol. The quantitative estimate of drug-likeness (QED) is 0.744. The Morgan fingerprint density at radius 3 is 2.82 bits per heavy atom. The molecule has 2 amide bonds. The van der Waals surface area contributed by atoms with Crippen molar-refractivity contribution in [3.8, 4) is 0 Å². The molecule has 1 aromatic heterocycles. The largest absolute Gasteiger partial charge is 0.466 e. The Morgan fingerprint density at radius 2 is 2.18 bits per heavy atom. The second-order valence-electron chi connectivity index (χ2n) is 6.38. The topological polar surface area (TPSA) is 77.7 Å². The van der Waals surface area contributed by atoms with Crippen LogP contribution in [0, 0.1) is 5.92 Å². The Morgan fingerprint density at radius 1 is 1.45 bits per heavy atom. The molecule has 124 valence electrons. The lowest BCUT2D eigenvalue weighted by Gasteiger charge is -2.30. The maximum Gasteiger partial charge on any atom is 0.314 e. The summed E-state index contributed by atoms with van der Waals surface area (Å²) in [6.07, 6.45) is 3.97. The lowest BCUT2D eigenvalue weighted by molar-refractivity contribution is 0.0367. The molecule has 1 aliphatic rings. The molecule has 1 unspecified atom stereocenters. The molecule has 3 N–H and O–H groups in total. The van der Waals surface area contributed by atoms with E-state index in [0.29, 0.717) is 12.3 Å². The van der Waals surface area contributed by atoms with Gasteiger partial charge in [0.2, 0.25) is 0 Å². The first-order valence-corrected chi connectivity index (χ1v) is 7.98. The molecule has 0 spiro atoms. The van der Waals surface area contributed by atoms with E-state index in [1.165, 1.54) is 19.1 Å². The summed E-state index contributed by atoms with van der Waals surface area (Å²) in [5.74, 6) is 1.26. The molecule has 1 aliphatic heterocycles. The Bertz CT molecular complexity index is 451. The highest BCUT2D eigenvalue weighted by atomic mass is 16.4. The smallest absolute Gasteiger partial charge is 0.314 e. The van der Waals surface area contributed by atoms with Gasteiger partial charge < -0.3 is 25.1 Å². The molecular weight excluding hydrogens is 282 g/mol. The molecule has 0 bridgehead atoms. The van der Waals surface area contributed by atoms with E-state index in [1.807, 2.05) is 0 Å². The van der Waals surface area contributed by atoms with Crippen LogP contribution in [0.3, 0.4) is 0 Å². The molecule has 1 atom stereocenters. The van der Waals surface area contributed by atoms with Crippen molar-refractivity contribution in [1.29, 1.82) is 0 Å². The van der Waals surface area contributed by atoms with E-state index in [2.05, 4.69) is 22.5 Å². The van der Waals surface area contributed by atoms with Crippen molar-refractivity contribution >= 4 is 6.03 Å². The van der Waals surface area contributed by atoms with Crippen LogP contribution in [-0.2, 0) is 5.60 Å². The SMILES string of the molecule is CC1CCN(CCNC(=O)NCC(C)(O)c2ccco2)CC1. The molecule has 2 heterocycles. The molecule has 22 heavy (non-hydrogen) atoms. The fourth-order valence-corrected chi connectivity index (χ4v) is 2.60. The third kappa shape index (κ3) is 5.03. The van der Waals surface area contributed by atoms with E-state index in [0.717, 1.165) is 25.6 Å². The predicted octanol–water partition coefficient (Wildman–Crippen LogP) is 1.52. The zero-order valence-corrected chi connectivity index (χ0v) is 13.5. The minimum atomic E-state index is -1.20. The van der Waals surface area contributed by atoms with Gasteiger partial charge in [-0.05, 0) is 50.9 Å². The molecule has 0 radical (unpaired) electrons. The van der Waals surface area contributed by atoms with Gasteiger partial charge in [0.05, 0.1) is 12.8 Å². The van der Waals surface area contributed by atoms with Crippen molar-refractivity contribution < 1.29 is 14.3 Å². The minimum Gasteiger partial charge on any atom is -0.466 e. The molecule has 1 aromatic rings. The Hall–Kier alpha value is -1.53. The van der Waals surface area contributed by atoms with Crippen LogP contribution >= 0.6 is 0 Å². The van der Waals surface area contributed by atoms with Gasteiger partial charge >= 0.3 is 6.03 Å². The molecule has 6 heteroatoms. The zero-order valence-electron chi connectivity index (χ0n) is 13.5. The van der Waals surface area contributed by atoms with Crippen LogP contribution in [0.1, 0.15) is 32.4 Å². The third-order valence-electron chi connectivity index (χ3n) is 4.24. The zero-order chi connectivity index (χ0) is 16.0. The maximum absolute atomic E-state index is 11.8. The van der Waals surface area contributed by atoms with Gasteiger partial charge in [-0.2, -0.15) is 0 Å². The molecule has 0 aliphatic carbocycles. The number of hydrogen-bond acceptors (Lipinski definition) is 4. The highest BCUT2D eigenvalue weighted by Crippen LogP contribution is 2.19. The summed E-state index contributed by atoms with van der Waals surface area (Å²) in [4.78, 5) is 14.1. The molecule has 0 aromatic carbocycles. The Kier molecular flexibility index (Phi) is 5.85. The van der Waals surface area contributed by atoms with Crippen LogP contribution in [0.4, 0.5) is 4.79 Å². The molecule has 6 nitrogen and oxygen atoms in total. The first-order valence-electron chi connectivity index (χ1n) is 7.98. The molecule has 2 rings (SSSR count). The van der Waals surface area contributed by atoms with Gasteiger partial charge in [-0.1, -0.05) is 6.92 Å². The molecule has 0 saturated carbocycles. The van der Waals surface area contributed by atoms with Gasteiger partial charge in [0.1, 0.15) is 11.4 Å². The number of carbonyl (C=O) groups is 1. The summed E-state index contributed by atoms with van der Waals surface area (Å²) in [7, 11) is 0. The number of piperidine rings is 1. The van der Waals surface area contributed by atoms with Crippen molar-refractivity contribution in [3.63, 3.8) is 0 Å². The number of carbonyl (C=O) groups excluding carboxylic acids is 1. The normalized spacial score (nSPS) is 19.6. The maximum atomic E-state index is 11.8. The summed E-state index contributed by atoms with van der Waals surface area (Å²) in [5, 5.41) is 15.7. The lowest BCUT2D eigenvalue weighted by Crippen LogP contribution is -2.46. The number of likely N-dealkylation sites (tertiary alicyclic amines) is 1. The first-order chi connectivity index (χ1) is 10.5. The van der Waals surface area contributed by atoms with E-state index in [9.17, 15) is 9.90 Å². The van der Waals surface area contributed by atoms with E-state index in [-0.39, 0.29) is 12.6 Å². The van der Waals surface area contributed by atoms with Gasteiger partial charge in [0.25, 0.3) is 0 Å². The number of rotatable bonds is 6. The number of furan rings is 1. The average molecular weight is 309 g/mol. The number of nitrogens with one attached hydrogen (secondary N) is 2.